The molecule has 9 heavy (non-hydrogen) atoms. The Hall–Kier alpha value is -1.02. The molecule has 1 saturated carbocycles. The number of nitrogens with zero attached hydrogens (tertiary/aromatic N) is 2. The fraction of sp³-hybridized carbons (Fsp3) is 0.714. The van der Waals surface area contributed by atoms with Crippen molar-refractivity contribution in [2.75, 3.05) is 0 Å². The van der Waals surface area contributed by atoms with E-state index >= 15 is 0 Å². The van der Waals surface area contributed by atoms with E-state index in [1.54, 1.807) is 0 Å². The summed E-state index contributed by atoms with van der Waals surface area (Å²) in [5, 5.41) is 16.7. The first-order chi connectivity index (χ1) is 4.38. The van der Waals surface area contributed by atoms with Gasteiger partial charge in [0, 0.05) is 6.42 Å². The fourth-order valence-electron chi connectivity index (χ4n) is 1.10. The highest BCUT2D eigenvalue weighted by Gasteiger charge is 2.29. The maximum absolute atomic E-state index is 8.42. The predicted molar refractivity (Wildman–Crippen MR) is 32.1 cm³/mol. The molecule has 2 heteroatoms. The van der Waals surface area contributed by atoms with Crippen molar-refractivity contribution in [3.63, 3.8) is 0 Å². The van der Waals surface area contributed by atoms with E-state index in [9.17, 15) is 0 Å². The second kappa shape index (κ2) is 2.51. The minimum Gasteiger partial charge on any atom is -0.198 e. The van der Waals surface area contributed by atoms with Crippen LogP contribution in [0.1, 0.15) is 19.3 Å². The molecule has 0 amide bonds. The quantitative estimate of drug-likeness (QED) is 0.525. The molecule has 2 atom stereocenters. The molecule has 0 aromatic rings. The third kappa shape index (κ3) is 1.03. The Morgan fingerprint density at radius 3 is 2.44 bits per heavy atom. The lowest BCUT2D eigenvalue weighted by molar-refractivity contribution is 0.240. The molecule has 1 aliphatic rings. The normalized spacial score (nSPS) is 31.8. The van der Waals surface area contributed by atoms with Gasteiger partial charge in [-0.1, -0.05) is 0 Å². The highest BCUT2D eigenvalue weighted by molar-refractivity contribution is 4.98. The molecule has 1 rings (SSSR count). The minimum absolute atomic E-state index is 0.185. The molecule has 0 aromatic heterocycles. The highest BCUT2D eigenvalue weighted by Crippen LogP contribution is 2.35. The standard InChI is InChI=1S/C7H8N2/c8-4-3-6-1-2-7(6)5-9/h6-7H,1-3H2/t6?,7-/m1/s1. The predicted octanol–water partition coefficient (Wildman–Crippen LogP) is 1.45. The Morgan fingerprint density at radius 1 is 1.33 bits per heavy atom. The molecule has 1 fully saturated rings. The highest BCUT2D eigenvalue weighted by atomic mass is 14.4. The fourth-order valence-corrected chi connectivity index (χ4v) is 1.10. The lowest BCUT2D eigenvalue weighted by Crippen LogP contribution is -2.23. The van der Waals surface area contributed by atoms with Crippen molar-refractivity contribution in [2.24, 2.45) is 11.8 Å². The summed E-state index contributed by atoms with van der Waals surface area (Å²) < 4.78 is 0. The van der Waals surface area contributed by atoms with Gasteiger partial charge >= 0.3 is 0 Å². The van der Waals surface area contributed by atoms with Gasteiger partial charge in [0.1, 0.15) is 0 Å². The lowest BCUT2D eigenvalue weighted by atomic mass is 9.73. The molecule has 0 radical (unpaired) electrons. The van der Waals surface area contributed by atoms with Crippen molar-refractivity contribution in [2.45, 2.75) is 19.3 Å². The zero-order chi connectivity index (χ0) is 6.69. The van der Waals surface area contributed by atoms with Gasteiger partial charge < -0.3 is 0 Å². The number of hydrogen-bond donors (Lipinski definition) is 0. The first-order valence-corrected chi connectivity index (χ1v) is 3.15. The Morgan fingerprint density at radius 2 is 2.11 bits per heavy atom. The summed E-state index contributed by atoms with van der Waals surface area (Å²) in [4.78, 5) is 0. The molecule has 0 N–H and O–H groups in total. The van der Waals surface area contributed by atoms with Crippen LogP contribution < -0.4 is 0 Å². The molecule has 0 bridgehead atoms. The second-order valence-electron chi connectivity index (χ2n) is 2.44. The molecule has 0 saturated heterocycles. The molecule has 1 unspecified atom stereocenters. The average Bonchev–Trinajstić information content (AvgIpc) is 1.82. The smallest absolute Gasteiger partial charge is 0.0659 e. The third-order valence-corrected chi connectivity index (χ3v) is 1.94. The van der Waals surface area contributed by atoms with Crippen molar-refractivity contribution in [3.05, 3.63) is 0 Å². The van der Waals surface area contributed by atoms with E-state index in [4.69, 9.17) is 10.5 Å². The minimum atomic E-state index is 0.185. The molecule has 0 aromatic carbocycles. The number of rotatable bonds is 1. The summed E-state index contributed by atoms with van der Waals surface area (Å²) in [5.41, 5.74) is 0. The van der Waals surface area contributed by atoms with Crippen LogP contribution in [-0.4, -0.2) is 0 Å². The van der Waals surface area contributed by atoms with Crippen LogP contribution in [0, 0.1) is 34.5 Å². The molecular formula is C7H8N2. The van der Waals surface area contributed by atoms with E-state index in [2.05, 4.69) is 12.1 Å². The van der Waals surface area contributed by atoms with E-state index in [-0.39, 0.29) is 5.92 Å². The van der Waals surface area contributed by atoms with Crippen LogP contribution in [0.5, 0.6) is 0 Å². The van der Waals surface area contributed by atoms with Crippen molar-refractivity contribution in [1.82, 2.24) is 0 Å². The first-order valence-electron chi connectivity index (χ1n) is 3.15. The van der Waals surface area contributed by atoms with E-state index in [0.717, 1.165) is 12.8 Å². The van der Waals surface area contributed by atoms with Gasteiger partial charge in [0.15, 0.2) is 0 Å². The third-order valence-electron chi connectivity index (χ3n) is 1.94. The van der Waals surface area contributed by atoms with Crippen molar-refractivity contribution >= 4 is 0 Å². The van der Waals surface area contributed by atoms with E-state index in [0.29, 0.717) is 12.3 Å². The Balaban J connectivity index is 2.31. The Bertz CT molecular complexity index is 172. The van der Waals surface area contributed by atoms with E-state index in [1.165, 1.54) is 0 Å². The van der Waals surface area contributed by atoms with Crippen molar-refractivity contribution in [1.29, 1.82) is 10.5 Å². The van der Waals surface area contributed by atoms with Crippen LogP contribution in [0.25, 0.3) is 0 Å². The summed E-state index contributed by atoms with van der Waals surface area (Å²) in [7, 11) is 0. The van der Waals surface area contributed by atoms with E-state index in [1.807, 2.05) is 0 Å². The van der Waals surface area contributed by atoms with Crippen LogP contribution in [0.4, 0.5) is 0 Å². The molecule has 0 heterocycles. The Kier molecular flexibility index (Phi) is 1.70. The van der Waals surface area contributed by atoms with Gasteiger partial charge in [-0.2, -0.15) is 10.5 Å². The van der Waals surface area contributed by atoms with Gasteiger partial charge in [0.25, 0.3) is 0 Å². The van der Waals surface area contributed by atoms with Gasteiger partial charge in [0.05, 0.1) is 18.1 Å². The summed E-state index contributed by atoms with van der Waals surface area (Å²) in [6.07, 6.45) is 2.65. The molecule has 0 spiro atoms. The number of hydrogen-bond acceptors (Lipinski definition) is 2. The lowest BCUT2D eigenvalue weighted by Gasteiger charge is -2.28. The largest absolute Gasteiger partial charge is 0.198 e. The van der Waals surface area contributed by atoms with Crippen molar-refractivity contribution in [3.8, 4) is 12.1 Å². The summed E-state index contributed by atoms with van der Waals surface area (Å²) >= 11 is 0. The average molecular weight is 120 g/mol. The van der Waals surface area contributed by atoms with Gasteiger partial charge in [0.2, 0.25) is 0 Å². The zero-order valence-electron chi connectivity index (χ0n) is 5.17. The topological polar surface area (TPSA) is 47.6 Å². The van der Waals surface area contributed by atoms with Gasteiger partial charge in [-0.3, -0.25) is 0 Å². The van der Waals surface area contributed by atoms with Crippen LogP contribution in [0.3, 0.4) is 0 Å². The van der Waals surface area contributed by atoms with Crippen LogP contribution in [0.2, 0.25) is 0 Å². The number of nitriles is 2. The Labute approximate surface area is 54.7 Å². The molecule has 2 nitrogen and oxygen atoms in total. The van der Waals surface area contributed by atoms with Gasteiger partial charge in [-0.15, -0.1) is 0 Å². The van der Waals surface area contributed by atoms with Crippen LogP contribution in [-0.2, 0) is 0 Å². The second-order valence-corrected chi connectivity index (χ2v) is 2.44. The molecule has 1 aliphatic carbocycles. The molecule has 46 valence electrons. The van der Waals surface area contributed by atoms with Crippen LogP contribution >= 0.6 is 0 Å². The first kappa shape index (κ1) is 6.11. The monoisotopic (exact) mass is 120 g/mol. The maximum atomic E-state index is 8.42. The summed E-state index contributed by atoms with van der Waals surface area (Å²) in [5.74, 6) is 0.574. The SMILES string of the molecule is N#CCC1CC[C@@H]1C#N. The summed E-state index contributed by atoms with van der Waals surface area (Å²) in [6, 6.07) is 4.27. The van der Waals surface area contributed by atoms with E-state index < -0.39 is 0 Å². The zero-order valence-corrected chi connectivity index (χ0v) is 5.17. The summed E-state index contributed by atoms with van der Waals surface area (Å²) in [6.45, 7) is 0. The maximum Gasteiger partial charge on any atom is 0.0659 e. The van der Waals surface area contributed by atoms with Gasteiger partial charge in [-0.25, -0.2) is 0 Å². The molecular weight excluding hydrogens is 112 g/mol. The molecule has 0 aliphatic heterocycles. The van der Waals surface area contributed by atoms with Gasteiger partial charge in [-0.05, 0) is 18.8 Å². The van der Waals surface area contributed by atoms with Crippen molar-refractivity contribution < 1.29 is 0 Å². The van der Waals surface area contributed by atoms with Crippen LogP contribution in [0.15, 0.2) is 0 Å².